The molecule has 1 heterocycles. The Bertz CT molecular complexity index is 936. The summed E-state index contributed by atoms with van der Waals surface area (Å²) in [6, 6.07) is 0. The fourth-order valence-corrected chi connectivity index (χ4v) is 4.71. The summed E-state index contributed by atoms with van der Waals surface area (Å²) in [5.41, 5.74) is 2.76. The number of hydrogen-bond donors (Lipinski definition) is 1. The van der Waals surface area contributed by atoms with E-state index in [0.717, 1.165) is 17.6 Å². The van der Waals surface area contributed by atoms with Crippen LogP contribution in [0.25, 0.3) is 0 Å². The lowest BCUT2D eigenvalue weighted by atomic mass is 9.80. The first-order valence-electron chi connectivity index (χ1n) is 10.7. The second-order valence-corrected chi connectivity index (χ2v) is 8.50. The Kier molecular flexibility index (Phi) is 7.19. The molecule has 0 aromatic carbocycles. The number of ether oxygens (including phenoxy) is 3. The Labute approximate surface area is 188 Å². The van der Waals surface area contributed by atoms with Gasteiger partial charge < -0.3 is 19.3 Å². The highest BCUT2D eigenvalue weighted by Gasteiger charge is 2.54. The zero-order valence-corrected chi connectivity index (χ0v) is 18.8. The van der Waals surface area contributed by atoms with Crippen LogP contribution in [0.1, 0.15) is 33.6 Å². The van der Waals surface area contributed by atoms with Crippen LogP contribution in [-0.4, -0.2) is 48.4 Å². The van der Waals surface area contributed by atoms with Crippen LogP contribution in [0.4, 0.5) is 0 Å². The molecule has 1 saturated carbocycles. The van der Waals surface area contributed by atoms with Crippen molar-refractivity contribution in [2.45, 2.75) is 45.8 Å². The molecule has 0 aromatic rings. The highest BCUT2D eigenvalue weighted by Crippen LogP contribution is 2.51. The molecule has 5 atom stereocenters. The molecule has 0 amide bonds. The zero-order valence-electron chi connectivity index (χ0n) is 18.8. The fourth-order valence-electron chi connectivity index (χ4n) is 4.71. The second-order valence-electron chi connectivity index (χ2n) is 8.50. The topological polar surface area (TPSA) is 99.1 Å². The van der Waals surface area contributed by atoms with Gasteiger partial charge in [0.1, 0.15) is 18.8 Å². The van der Waals surface area contributed by atoms with Crippen LogP contribution < -0.4 is 0 Å². The summed E-state index contributed by atoms with van der Waals surface area (Å²) in [5, 5.41) is 9.33. The summed E-state index contributed by atoms with van der Waals surface area (Å²) in [6.07, 6.45) is 4.99. The Morgan fingerprint density at radius 3 is 2.66 bits per heavy atom. The molecule has 32 heavy (non-hydrogen) atoms. The maximum Gasteiger partial charge on any atom is 0.337 e. The van der Waals surface area contributed by atoms with Gasteiger partial charge in [-0.1, -0.05) is 36.5 Å². The predicted octanol–water partition coefficient (Wildman–Crippen LogP) is 2.97. The highest BCUT2D eigenvalue weighted by atomic mass is 16.6. The molecule has 2 fully saturated rings. The molecule has 1 N–H and O–H groups in total. The summed E-state index contributed by atoms with van der Waals surface area (Å²) < 4.78 is 16.7. The van der Waals surface area contributed by atoms with E-state index in [-0.39, 0.29) is 29.6 Å². The third-order valence-electron chi connectivity index (χ3n) is 6.63. The van der Waals surface area contributed by atoms with Crippen molar-refractivity contribution in [2.75, 3.05) is 13.2 Å². The Balaban J connectivity index is 1.81. The van der Waals surface area contributed by atoms with Crippen LogP contribution in [0.2, 0.25) is 0 Å². The van der Waals surface area contributed by atoms with Crippen LogP contribution in [0, 0.1) is 17.8 Å². The van der Waals surface area contributed by atoms with Gasteiger partial charge in [0.15, 0.2) is 0 Å². The fraction of sp³-hybridized carbons (Fsp3) is 0.480. The lowest BCUT2D eigenvalue weighted by molar-refractivity contribution is -0.149. The van der Waals surface area contributed by atoms with Crippen LogP contribution >= 0.6 is 0 Å². The van der Waals surface area contributed by atoms with Gasteiger partial charge in [0, 0.05) is 23.5 Å². The van der Waals surface area contributed by atoms with Gasteiger partial charge in [-0.15, -0.1) is 0 Å². The normalized spacial score (nSPS) is 30.2. The van der Waals surface area contributed by atoms with Gasteiger partial charge >= 0.3 is 17.9 Å². The number of fused-ring (bicyclic) bond motifs is 3. The van der Waals surface area contributed by atoms with Crippen LogP contribution in [0.5, 0.6) is 0 Å². The number of rotatable bonds is 6. The third-order valence-corrected chi connectivity index (χ3v) is 6.63. The average Bonchev–Trinajstić information content (AvgIpc) is 3.25. The number of carbonyl (C=O) groups is 3. The lowest BCUT2D eigenvalue weighted by Crippen LogP contribution is -2.36. The van der Waals surface area contributed by atoms with E-state index < -0.39 is 42.6 Å². The van der Waals surface area contributed by atoms with Gasteiger partial charge in [-0.25, -0.2) is 14.4 Å². The summed E-state index contributed by atoms with van der Waals surface area (Å²) in [7, 11) is 0. The van der Waals surface area contributed by atoms with Crippen molar-refractivity contribution in [3.8, 4) is 0 Å². The highest BCUT2D eigenvalue weighted by molar-refractivity contribution is 5.93. The van der Waals surface area contributed by atoms with Gasteiger partial charge in [0.2, 0.25) is 0 Å². The van der Waals surface area contributed by atoms with E-state index >= 15 is 0 Å². The molecule has 172 valence electrons. The zero-order chi connectivity index (χ0) is 23.6. The van der Waals surface area contributed by atoms with Crippen LogP contribution in [0.15, 0.2) is 59.3 Å². The number of aliphatic hydroxyl groups is 1. The van der Waals surface area contributed by atoms with Crippen LogP contribution in [-0.2, 0) is 28.6 Å². The van der Waals surface area contributed by atoms with E-state index in [1.807, 2.05) is 6.92 Å². The number of esters is 3. The van der Waals surface area contributed by atoms with Gasteiger partial charge in [-0.05, 0) is 39.2 Å². The minimum atomic E-state index is -0.729. The number of hydrogen-bond acceptors (Lipinski definition) is 7. The van der Waals surface area contributed by atoms with Gasteiger partial charge in [0.25, 0.3) is 0 Å². The van der Waals surface area contributed by atoms with E-state index in [9.17, 15) is 19.5 Å². The monoisotopic (exact) mass is 442 g/mol. The van der Waals surface area contributed by atoms with Crippen molar-refractivity contribution < 1.29 is 33.7 Å². The maximum absolute atomic E-state index is 13.0. The average molecular weight is 443 g/mol. The molecular formula is C25H30O7. The Morgan fingerprint density at radius 1 is 1.28 bits per heavy atom. The van der Waals surface area contributed by atoms with E-state index in [1.54, 1.807) is 19.9 Å². The van der Waals surface area contributed by atoms with Gasteiger partial charge in [-0.2, -0.15) is 0 Å². The molecule has 7 heteroatoms. The van der Waals surface area contributed by atoms with Crippen molar-refractivity contribution in [2.24, 2.45) is 17.8 Å². The van der Waals surface area contributed by atoms with Gasteiger partial charge in [0.05, 0.1) is 18.1 Å². The molecule has 0 aromatic heterocycles. The van der Waals surface area contributed by atoms with Crippen LogP contribution in [0.3, 0.4) is 0 Å². The van der Waals surface area contributed by atoms with Crippen molar-refractivity contribution in [3.63, 3.8) is 0 Å². The van der Waals surface area contributed by atoms with E-state index in [4.69, 9.17) is 14.2 Å². The van der Waals surface area contributed by atoms with Crippen molar-refractivity contribution in [1.29, 1.82) is 0 Å². The molecule has 1 saturated heterocycles. The summed E-state index contributed by atoms with van der Waals surface area (Å²) >= 11 is 0. The first-order chi connectivity index (χ1) is 15.2. The predicted molar refractivity (Wildman–Crippen MR) is 117 cm³/mol. The first-order valence-corrected chi connectivity index (χ1v) is 10.7. The SMILES string of the molecule is C=C1C(=O)O[C@@H]2[C@H]3C(C)=CC[C@H]3C(=C)C[C@@H](OC(=O)/C(=C/CO)COC(=O)/C(C)=C\C)[C@@H]12. The third kappa shape index (κ3) is 4.48. The lowest BCUT2D eigenvalue weighted by Gasteiger charge is -2.28. The minimum absolute atomic E-state index is 0.0169. The molecule has 0 radical (unpaired) electrons. The summed E-state index contributed by atoms with van der Waals surface area (Å²) in [4.78, 5) is 37.3. The summed E-state index contributed by atoms with van der Waals surface area (Å²) in [6.45, 7) is 12.7. The molecule has 0 spiro atoms. The maximum atomic E-state index is 13.0. The molecule has 0 bridgehead atoms. The largest absolute Gasteiger partial charge is 0.458 e. The quantitative estimate of drug-likeness (QED) is 0.292. The molecule has 2 aliphatic carbocycles. The molecule has 3 rings (SSSR count). The van der Waals surface area contributed by atoms with E-state index in [1.165, 1.54) is 6.08 Å². The van der Waals surface area contributed by atoms with Gasteiger partial charge in [-0.3, -0.25) is 0 Å². The van der Waals surface area contributed by atoms with Crippen molar-refractivity contribution in [1.82, 2.24) is 0 Å². The standard InChI is InChI=1S/C25H30O7/c1-6-13(2)23(27)30-12-17(9-10-26)25(29)31-19-11-15(4)18-8-7-14(3)20(18)22-21(19)16(5)24(28)32-22/h6-7,9,18-22,26H,4-5,8,10-12H2,1-3H3/b13-6-,17-9+/t18-,19+,20-,21+,22+/m0/s1. The second kappa shape index (κ2) is 9.69. The number of carbonyl (C=O) groups excluding carboxylic acids is 3. The number of allylic oxidation sites excluding steroid dienone is 2. The number of aliphatic hydroxyl groups excluding tert-OH is 1. The molecule has 3 aliphatic rings. The molecule has 0 unspecified atom stereocenters. The summed E-state index contributed by atoms with van der Waals surface area (Å²) in [5.74, 6) is -2.17. The van der Waals surface area contributed by atoms with E-state index in [2.05, 4.69) is 19.2 Å². The minimum Gasteiger partial charge on any atom is -0.458 e. The van der Waals surface area contributed by atoms with Crippen molar-refractivity contribution >= 4 is 17.9 Å². The molecule has 1 aliphatic heterocycles. The molecular weight excluding hydrogens is 412 g/mol. The first kappa shape index (κ1) is 23.7. The molecule has 7 nitrogen and oxygen atoms in total. The Hall–Kier alpha value is -2.93. The van der Waals surface area contributed by atoms with Crippen molar-refractivity contribution in [3.05, 3.63) is 59.3 Å². The Morgan fingerprint density at radius 2 is 2.00 bits per heavy atom. The smallest absolute Gasteiger partial charge is 0.337 e. The van der Waals surface area contributed by atoms with E-state index in [0.29, 0.717) is 12.0 Å².